The average molecular weight is 282 g/mol. The van der Waals surface area contributed by atoms with Gasteiger partial charge in [-0.3, -0.25) is 4.79 Å². The molecule has 1 fully saturated rings. The van der Waals surface area contributed by atoms with Gasteiger partial charge in [0, 0.05) is 25.2 Å². The van der Waals surface area contributed by atoms with Crippen molar-refractivity contribution in [1.82, 2.24) is 4.90 Å². The molecule has 0 radical (unpaired) electrons. The fourth-order valence-corrected chi connectivity index (χ4v) is 2.67. The van der Waals surface area contributed by atoms with E-state index in [0.29, 0.717) is 0 Å². The first-order valence-electron chi connectivity index (χ1n) is 6.88. The fourth-order valence-electron chi connectivity index (χ4n) is 2.67. The van der Waals surface area contributed by atoms with Gasteiger partial charge >= 0.3 is 0 Å². The van der Waals surface area contributed by atoms with E-state index in [0.717, 1.165) is 31.7 Å². The van der Waals surface area contributed by atoms with Gasteiger partial charge in [0.15, 0.2) is 0 Å². The molecule has 1 aliphatic rings. The van der Waals surface area contributed by atoms with Crippen LogP contribution in [0, 0.1) is 18.6 Å². The Kier molecular flexibility index (Phi) is 4.38. The first-order chi connectivity index (χ1) is 9.40. The first-order valence-corrected chi connectivity index (χ1v) is 6.88. The van der Waals surface area contributed by atoms with E-state index in [1.165, 1.54) is 13.0 Å². The molecular weight excluding hydrogens is 262 g/mol. The first kappa shape index (κ1) is 14.9. The highest BCUT2D eigenvalue weighted by molar-refractivity contribution is 5.94. The van der Waals surface area contributed by atoms with Gasteiger partial charge in [0.1, 0.15) is 11.6 Å². The Morgan fingerprint density at radius 3 is 2.40 bits per heavy atom. The number of aryl methyl sites for hydroxylation is 1. The number of amides is 1. The van der Waals surface area contributed by atoms with Crippen molar-refractivity contribution in [2.75, 3.05) is 7.05 Å². The van der Waals surface area contributed by atoms with Crippen molar-refractivity contribution in [3.63, 3.8) is 0 Å². The third kappa shape index (κ3) is 2.98. The second-order valence-corrected chi connectivity index (χ2v) is 5.57. The van der Waals surface area contributed by atoms with Crippen LogP contribution in [-0.4, -0.2) is 29.9 Å². The lowest BCUT2D eigenvalue weighted by atomic mass is 9.90. The van der Waals surface area contributed by atoms with Crippen LogP contribution in [0.15, 0.2) is 12.1 Å². The second kappa shape index (κ2) is 5.87. The van der Waals surface area contributed by atoms with E-state index >= 15 is 0 Å². The topological polar surface area (TPSA) is 46.3 Å². The van der Waals surface area contributed by atoms with E-state index in [9.17, 15) is 13.6 Å². The molecule has 1 aromatic carbocycles. The van der Waals surface area contributed by atoms with Crippen LogP contribution in [0.4, 0.5) is 8.78 Å². The summed E-state index contributed by atoms with van der Waals surface area (Å²) in [5.74, 6) is -1.84. The molecule has 0 saturated heterocycles. The van der Waals surface area contributed by atoms with Crippen molar-refractivity contribution in [3.8, 4) is 0 Å². The van der Waals surface area contributed by atoms with Crippen LogP contribution in [0.25, 0.3) is 0 Å². The summed E-state index contributed by atoms with van der Waals surface area (Å²) >= 11 is 0. The summed E-state index contributed by atoms with van der Waals surface area (Å²) in [4.78, 5) is 13.9. The zero-order valence-corrected chi connectivity index (χ0v) is 11.8. The zero-order chi connectivity index (χ0) is 14.9. The maximum absolute atomic E-state index is 13.8. The van der Waals surface area contributed by atoms with Gasteiger partial charge in [-0.1, -0.05) is 0 Å². The average Bonchev–Trinajstić information content (AvgIpc) is 2.42. The predicted octanol–water partition coefficient (Wildman–Crippen LogP) is 2.62. The second-order valence-electron chi connectivity index (χ2n) is 5.57. The number of hydrogen-bond acceptors (Lipinski definition) is 2. The summed E-state index contributed by atoms with van der Waals surface area (Å²) in [6.07, 6.45) is 3.39. The highest BCUT2D eigenvalue weighted by atomic mass is 19.1. The third-order valence-electron chi connectivity index (χ3n) is 4.09. The van der Waals surface area contributed by atoms with Crippen molar-refractivity contribution in [1.29, 1.82) is 0 Å². The maximum atomic E-state index is 13.8. The monoisotopic (exact) mass is 282 g/mol. The van der Waals surface area contributed by atoms with E-state index in [1.54, 1.807) is 11.9 Å². The minimum Gasteiger partial charge on any atom is -0.339 e. The highest BCUT2D eigenvalue weighted by Crippen LogP contribution is 2.24. The Balaban J connectivity index is 2.16. The van der Waals surface area contributed by atoms with E-state index in [1.807, 2.05) is 0 Å². The summed E-state index contributed by atoms with van der Waals surface area (Å²) in [5.41, 5.74) is 6.04. The van der Waals surface area contributed by atoms with Gasteiger partial charge in [-0.25, -0.2) is 8.78 Å². The lowest BCUT2D eigenvalue weighted by molar-refractivity contribution is 0.0685. The summed E-state index contributed by atoms with van der Waals surface area (Å²) in [5, 5.41) is 0. The minimum atomic E-state index is -0.808. The Morgan fingerprint density at radius 1 is 1.20 bits per heavy atom. The molecule has 1 amide bonds. The molecule has 2 rings (SSSR count). The number of halogens is 2. The van der Waals surface area contributed by atoms with E-state index in [2.05, 4.69) is 0 Å². The van der Waals surface area contributed by atoms with Crippen molar-refractivity contribution >= 4 is 5.91 Å². The lowest BCUT2D eigenvalue weighted by Crippen LogP contribution is -2.42. The molecule has 0 atom stereocenters. The van der Waals surface area contributed by atoms with Gasteiger partial charge in [0.25, 0.3) is 5.91 Å². The molecule has 110 valence electrons. The van der Waals surface area contributed by atoms with E-state index in [4.69, 9.17) is 5.73 Å². The maximum Gasteiger partial charge on any atom is 0.256 e. The van der Waals surface area contributed by atoms with Crippen molar-refractivity contribution in [2.24, 2.45) is 5.73 Å². The summed E-state index contributed by atoms with van der Waals surface area (Å²) < 4.78 is 27.0. The van der Waals surface area contributed by atoms with Crippen molar-refractivity contribution < 1.29 is 13.6 Å². The fraction of sp³-hybridized carbons (Fsp3) is 0.533. The summed E-state index contributed by atoms with van der Waals surface area (Å²) in [6, 6.07) is 2.32. The minimum absolute atomic E-state index is 0.0683. The van der Waals surface area contributed by atoms with Crippen molar-refractivity contribution in [2.45, 2.75) is 44.7 Å². The Bertz CT molecular complexity index is 511. The summed E-state index contributed by atoms with van der Waals surface area (Å²) in [7, 11) is 1.67. The number of carbonyl (C=O) groups is 1. The van der Waals surface area contributed by atoms with Crippen LogP contribution in [0.2, 0.25) is 0 Å². The Morgan fingerprint density at radius 2 is 1.80 bits per heavy atom. The summed E-state index contributed by atoms with van der Waals surface area (Å²) in [6.45, 7) is 1.52. The number of nitrogens with two attached hydrogens (primary N) is 1. The SMILES string of the molecule is Cc1cc(C(=O)N(C)C2CCC(N)CC2)c(F)cc1F. The lowest BCUT2D eigenvalue weighted by Gasteiger charge is -2.33. The smallest absolute Gasteiger partial charge is 0.256 e. The molecule has 0 aromatic heterocycles. The molecule has 0 aliphatic heterocycles. The van der Waals surface area contributed by atoms with Crippen molar-refractivity contribution in [3.05, 3.63) is 34.9 Å². The number of nitrogens with zero attached hydrogens (tertiary/aromatic N) is 1. The Hall–Kier alpha value is -1.49. The molecule has 20 heavy (non-hydrogen) atoms. The largest absolute Gasteiger partial charge is 0.339 e. The molecule has 0 spiro atoms. The zero-order valence-electron chi connectivity index (χ0n) is 11.8. The molecule has 3 nitrogen and oxygen atoms in total. The predicted molar refractivity (Wildman–Crippen MR) is 73.4 cm³/mol. The van der Waals surface area contributed by atoms with Crippen LogP contribution < -0.4 is 5.73 Å². The normalized spacial score (nSPS) is 22.6. The Labute approximate surface area is 117 Å². The van der Waals surface area contributed by atoms with Gasteiger partial charge in [-0.15, -0.1) is 0 Å². The van der Waals surface area contributed by atoms with Gasteiger partial charge in [-0.2, -0.15) is 0 Å². The molecule has 2 N–H and O–H groups in total. The third-order valence-corrected chi connectivity index (χ3v) is 4.09. The van der Waals surface area contributed by atoms with Gasteiger partial charge in [-0.05, 0) is 44.2 Å². The van der Waals surface area contributed by atoms with Crippen LogP contribution >= 0.6 is 0 Å². The van der Waals surface area contributed by atoms with Crippen LogP contribution in [-0.2, 0) is 0 Å². The van der Waals surface area contributed by atoms with Gasteiger partial charge < -0.3 is 10.6 Å². The van der Waals surface area contributed by atoms with Gasteiger partial charge in [0.2, 0.25) is 0 Å². The van der Waals surface area contributed by atoms with Crippen LogP contribution in [0.1, 0.15) is 41.6 Å². The van der Waals surface area contributed by atoms with Crippen LogP contribution in [0.5, 0.6) is 0 Å². The van der Waals surface area contributed by atoms with E-state index < -0.39 is 17.5 Å². The molecule has 0 bridgehead atoms. The number of carbonyl (C=O) groups excluding carboxylic acids is 1. The highest BCUT2D eigenvalue weighted by Gasteiger charge is 2.27. The van der Waals surface area contributed by atoms with E-state index in [-0.39, 0.29) is 23.2 Å². The molecule has 0 unspecified atom stereocenters. The molecule has 5 heteroatoms. The molecular formula is C15H20F2N2O. The standard InChI is InChI=1S/C15H20F2N2O/c1-9-7-12(14(17)8-13(9)16)15(20)19(2)11-5-3-10(18)4-6-11/h7-8,10-11H,3-6,18H2,1-2H3. The molecule has 0 heterocycles. The quantitative estimate of drug-likeness (QED) is 0.906. The van der Waals surface area contributed by atoms with Gasteiger partial charge in [0.05, 0.1) is 5.56 Å². The molecule has 1 aromatic rings. The molecule has 1 aliphatic carbocycles. The number of rotatable bonds is 2. The molecule has 1 saturated carbocycles. The number of hydrogen-bond donors (Lipinski definition) is 1. The van der Waals surface area contributed by atoms with Crippen LogP contribution in [0.3, 0.4) is 0 Å². The number of benzene rings is 1.